The van der Waals surface area contributed by atoms with E-state index in [0.29, 0.717) is 23.2 Å². The van der Waals surface area contributed by atoms with Gasteiger partial charge in [0.2, 0.25) is 5.91 Å². The van der Waals surface area contributed by atoms with Crippen molar-refractivity contribution in [2.45, 2.75) is 40.2 Å². The minimum Gasteiger partial charge on any atom is -0.340 e. The maximum absolute atomic E-state index is 12.8. The molecule has 0 spiro atoms. The quantitative estimate of drug-likeness (QED) is 0.557. The highest BCUT2D eigenvalue weighted by Gasteiger charge is 2.24. The van der Waals surface area contributed by atoms with E-state index in [-0.39, 0.29) is 17.5 Å². The van der Waals surface area contributed by atoms with E-state index >= 15 is 0 Å². The smallest absolute Gasteiger partial charge is 0.274 e. The lowest BCUT2D eigenvalue weighted by atomic mass is 10.0. The molecule has 0 saturated heterocycles. The predicted octanol–water partition coefficient (Wildman–Crippen LogP) is 3.99. The summed E-state index contributed by atoms with van der Waals surface area (Å²) in [6, 6.07) is 10.9. The van der Waals surface area contributed by atoms with Crippen LogP contribution in [0.25, 0.3) is 0 Å². The fourth-order valence-electron chi connectivity index (χ4n) is 2.88. The molecule has 2 amide bonds. The van der Waals surface area contributed by atoms with Crippen LogP contribution in [0.2, 0.25) is 0 Å². The molecule has 7 heteroatoms. The van der Waals surface area contributed by atoms with Gasteiger partial charge in [0.1, 0.15) is 6.04 Å². The molecule has 0 aromatic heterocycles. The Morgan fingerprint density at radius 1 is 1.07 bits per heavy atom. The van der Waals surface area contributed by atoms with Crippen molar-refractivity contribution in [1.82, 2.24) is 5.32 Å². The third kappa shape index (κ3) is 5.39. The predicted molar refractivity (Wildman–Crippen MR) is 108 cm³/mol. The van der Waals surface area contributed by atoms with Crippen molar-refractivity contribution >= 4 is 23.2 Å². The number of carbonyl (C=O) groups is 2. The number of aryl methyl sites for hydroxylation is 2. The fourth-order valence-corrected chi connectivity index (χ4v) is 2.88. The molecule has 2 N–H and O–H groups in total. The molecule has 1 atom stereocenters. The van der Waals surface area contributed by atoms with Crippen molar-refractivity contribution in [2.75, 3.05) is 5.32 Å². The number of nitro benzene ring substituents is 1. The van der Waals surface area contributed by atoms with Crippen LogP contribution < -0.4 is 10.6 Å². The lowest BCUT2D eigenvalue weighted by molar-refractivity contribution is -0.385. The number of rotatable bonds is 7. The SMILES string of the molecule is Cc1ccccc1C(=O)NC(CC(C)C)C(=O)Nc1ccc(C)c([N+](=O)[O-])c1. The van der Waals surface area contributed by atoms with Crippen molar-refractivity contribution in [3.8, 4) is 0 Å². The van der Waals surface area contributed by atoms with Crippen LogP contribution in [0.1, 0.15) is 41.8 Å². The summed E-state index contributed by atoms with van der Waals surface area (Å²) in [7, 11) is 0. The zero-order valence-electron chi connectivity index (χ0n) is 16.5. The molecule has 2 rings (SSSR count). The molecule has 0 heterocycles. The zero-order chi connectivity index (χ0) is 20.8. The van der Waals surface area contributed by atoms with Gasteiger partial charge >= 0.3 is 0 Å². The number of nitrogens with one attached hydrogen (secondary N) is 2. The highest BCUT2D eigenvalue weighted by Crippen LogP contribution is 2.22. The van der Waals surface area contributed by atoms with Gasteiger partial charge in [0.15, 0.2) is 0 Å². The second-order valence-electron chi connectivity index (χ2n) is 7.22. The number of carbonyl (C=O) groups excluding carboxylic acids is 2. The third-order valence-electron chi connectivity index (χ3n) is 4.39. The second-order valence-corrected chi connectivity index (χ2v) is 7.22. The molecule has 28 heavy (non-hydrogen) atoms. The van der Waals surface area contributed by atoms with Gasteiger partial charge in [0.25, 0.3) is 11.6 Å². The minimum absolute atomic E-state index is 0.0674. The Morgan fingerprint density at radius 3 is 2.36 bits per heavy atom. The topological polar surface area (TPSA) is 101 Å². The number of amides is 2. The van der Waals surface area contributed by atoms with E-state index in [9.17, 15) is 19.7 Å². The molecular formula is C21H25N3O4. The summed E-state index contributed by atoms with van der Waals surface area (Å²) >= 11 is 0. The average molecular weight is 383 g/mol. The average Bonchev–Trinajstić information content (AvgIpc) is 2.62. The van der Waals surface area contributed by atoms with E-state index in [1.165, 1.54) is 6.07 Å². The maximum atomic E-state index is 12.8. The van der Waals surface area contributed by atoms with E-state index in [4.69, 9.17) is 0 Å². The first kappa shape index (κ1) is 21.1. The third-order valence-corrected chi connectivity index (χ3v) is 4.39. The first-order valence-electron chi connectivity index (χ1n) is 9.11. The molecule has 0 bridgehead atoms. The van der Waals surface area contributed by atoms with Gasteiger partial charge in [-0.25, -0.2) is 0 Å². The molecule has 0 aliphatic rings. The normalized spacial score (nSPS) is 11.8. The Balaban J connectivity index is 2.19. The van der Waals surface area contributed by atoms with Gasteiger partial charge in [0, 0.05) is 22.9 Å². The summed E-state index contributed by atoms with van der Waals surface area (Å²) < 4.78 is 0. The number of benzene rings is 2. The number of nitro groups is 1. The van der Waals surface area contributed by atoms with Crippen molar-refractivity contribution in [1.29, 1.82) is 0 Å². The molecule has 0 fully saturated rings. The fraction of sp³-hybridized carbons (Fsp3) is 0.333. The van der Waals surface area contributed by atoms with Crippen LogP contribution in [-0.2, 0) is 4.79 Å². The number of anilines is 1. The van der Waals surface area contributed by atoms with Crippen LogP contribution >= 0.6 is 0 Å². The van der Waals surface area contributed by atoms with Gasteiger partial charge in [0.05, 0.1) is 4.92 Å². The van der Waals surface area contributed by atoms with E-state index in [1.807, 2.05) is 32.9 Å². The van der Waals surface area contributed by atoms with Crippen LogP contribution in [0.5, 0.6) is 0 Å². The summed E-state index contributed by atoms with van der Waals surface area (Å²) in [6.07, 6.45) is 0.442. The van der Waals surface area contributed by atoms with E-state index in [2.05, 4.69) is 10.6 Å². The summed E-state index contributed by atoms with van der Waals surface area (Å²) in [5, 5.41) is 16.6. The molecule has 0 aliphatic carbocycles. The molecule has 0 aliphatic heterocycles. The molecule has 0 saturated carbocycles. The van der Waals surface area contributed by atoms with Crippen molar-refractivity contribution in [2.24, 2.45) is 5.92 Å². The lowest BCUT2D eigenvalue weighted by Gasteiger charge is -2.21. The number of hydrogen-bond acceptors (Lipinski definition) is 4. The van der Waals surface area contributed by atoms with Gasteiger partial charge in [-0.1, -0.05) is 38.1 Å². The number of hydrogen-bond donors (Lipinski definition) is 2. The standard InChI is InChI=1S/C21H25N3O4/c1-13(2)11-18(23-20(25)17-8-6-5-7-14(17)3)21(26)22-16-10-9-15(4)19(12-16)24(27)28/h5-10,12-13,18H,11H2,1-4H3,(H,22,26)(H,23,25). The Morgan fingerprint density at radius 2 is 1.75 bits per heavy atom. The van der Waals surface area contributed by atoms with Crippen LogP contribution in [0.15, 0.2) is 42.5 Å². The van der Waals surface area contributed by atoms with Crippen LogP contribution in [-0.4, -0.2) is 22.8 Å². The van der Waals surface area contributed by atoms with Crippen LogP contribution in [0, 0.1) is 29.9 Å². The molecular weight excluding hydrogens is 358 g/mol. The van der Waals surface area contributed by atoms with Gasteiger partial charge in [-0.3, -0.25) is 19.7 Å². The van der Waals surface area contributed by atoms with Crippen LogP contribution in [0.3, 0.4) is 0 Å². The molecule has 148 valence electrons. The van der Waals surface area contributed by atoms with Gasteiger partial charge in [-0.2, -0.15) is 0 Å². The zero-order valence-corrected chi connectivity index (χ0v) is 16.5. The highest BCUT2D eigenvalue weighted by atomic mass is 16.6. The Hall–Kier alpha value is -3.22. The Labute approximate surface area is 164 Å². The monoisotopic (exact) mass is 383 g/mol. The molecule has 7 nitrogen and oxygen atoms in total. The summed E-state index contributed by atoms with van der Waals surface area (Å²) in [4.78, 5) is 36.0. The molecule has 2 aromatic carbocycles. The van der Waals surface area contributed by atoms with Crippen molar-refractivity contribution < 1.29 is 14.5 Å². The second kappa shape index (κ2) is 9.12. The molecule has 1 unspecified atom stereocenters. The van der Waals surface area contributed by atoms with Crippen molar-refractivity contribution in [3.05, 3.63) is 69.3 Å². The first-order chi connectivity index (χ1) is 13.2. The van der Waals surface area contributed by atoms with E-state index < -0.39 is 16.9 Å². The Kier molecular flexibility index (Phi) is 6.87. The molecule has 2 aromatic rings. The van der Waals surface area contributed by atoms with Gasteiger partial charge < -0.3 is 10.6 Å². The van der Waals surface area contributed by atoms with E-state index in [1.54, 1.807) is 31.2 Å². The molecule has 0 radical (unpaired) electrons. The van der Waals surface area contributed by atoms with Gasteiger partial charge in [-0.05, 0) is 43.9 Å². The highest BCUT2D eigenvalue weighted by molar-refractivity contribution is 6.01. The largest absolute Gasteiger partial charge is 0.340 e. The maximum Gasteiger partial charge on any atom is 0.274 e. The Bertz CT molecular complexity index is 893. The number of nitrogens with zero attached hydrogens (tertiary/aromatic N) is 1. The van der Waals surface area contributed by atoms with Crippen molar-refractivity contribution in [3.63, 3.8) is 0 Å². The summed E-state index contributed by atoms with van der Waals surface area (Å²) in [5.74, 6) is -0.567. The summed E-state index contributed by atoms with van der Waals surface area (Å²) in [5.41, 5.74) is 2.09. The van der Waals surface area contributed by atoms with Crippen LogP contribution in [0.4, 0.5) is 11.4 Å². The summed E-state index contributed by atoms with van der Waals surface area (Å²) in [6.45, 7) is 7.37. The van der Waals surface area contributed by atoms with E-state index in [0.717, 1.165) is 5.56 Å². The lowest BCUT2D eigenvalue weighted by Crippen LogP contribution is -2.44. The van der Waals surface area contributed by atoms with Gasteiger partial charge in [-0.15, -0.1) is 0 Å². The first-order valence-corrected chi connectivity index (χ1v) is 9.11. The minimum atomic E-state index is -0.757.